The van der Waals surface area contributed by atoms with Gasteiger partial charge in [-0.05, 0) is 45.2 Å². The molecule has 2 nitrogen and oxygen atoms in total. The predicted octanol–water partition coefficient (Wildman–Crippen LogP) is 3.33. The number of benzene rings is 1. The highest BCUT2D eigenvalue weighted by atomic mass is 16.5. The van der Waals surface area contributed by atoms with Crippen molar-refractivity contribution in [2.75, 3.05) is 13.2 Å². The summed E-state index contributed by atoms with van der Waals surface area (Å²) in [4.78, 5) is 0. The second-order valence-corrected chi connectivity index (χ2v) is 5.78. The van der Waals surface area contributed by atoms with Gasteiger partial charge in [0.25, 0.3) is 0 Å². The summed E-state index contributed by atoms with van der Waals surface area (Å²) in [6.45, 7) is 8.60. The molecule has 0 spiro atoms. The molecular weight excluding hydrogens is 234 g/mol. The van der Waals surface area contributed by atoms with Crippen molar-refractivity contribution < 1.29 is 4.74 Å². The standard InChI is InChI=1S/C17H27NO/c1-4-10-18-17(16-9-11-19-14(16)3)12-15-7-5-13(2)6-8-15/h5-8,14,16-18H,4,9-12H2,1-3H3. The van der Waals surface area contributed by atoms with Crippen molar-refractivity contribution in [2.45, 2.75) is 52.2 Å². The number of ether oxygens (including phenoxy) is 1. The van der Waals surface area contributed by atoms with Crippen LogP contribution in [0.2, 0.25) is 0 Å². The Labute approximate surface area is 117 Å². The first-order valence-electron chi connectivity index (χ1n) is 7.61. The molecule has 0 amide bonds. The summed E-state index contributed by atoms with van der Waals surface area (Å²) >= 11 is 0. The van der Waals surface area contributed by atoms with E-state index in [2.05, 4.69) is 50.4 Å². The van der Waals surface area contributed by atoms with Gasteiger partial charge in [0.1, 0.15) is 0 Å². The molecule has 0 aliphatic carbocycles. The summed E-state index contributed by atoms with van der Waals surface area (Å²) in [5.74, 6) is 0.646. The Hall–Kier alpha value is -0.860. The molecule has 0 radical (unpaired) electrons. The molecule has 1 saturated heterocycles. The van der Waals surface area contributed by atoms with E-state index in [0.29, 0.717) is 18.1 Å². The average Bonchev–Trinajstić information content (AvgIpc) is 2.83. The first-order chi connectivity index (χ1) is 9.20. The van der Waals surface area contributed by atoms with E-state index >= 15 is 0 Å². The van der Waals surface area contributed by atoms with Gasteiger partial charge in [-0.3, -0.25) is 0 Å². The van der Waals surface area contributed by atoms with Crippen molar-refractivity contribution in [3.63, 3.8) is 0 Å². The maximum atomic E-state index is 5.74. The molecule has 3 atom stereocenters. The zero-order valence-electron chi connectivity index (χ0n) is 12.5. The Balaban J connectivity index is 2.02. The Bertz CT molecular complexity index is 373. The third-order valence-electron chi connectivity index (χ3n) is 4.18. The molecule has 1 aliphatic rings. The van der Waals surface area contributed by atoms with Crippen molar-refractivity contribution in [2.24, 2.45) is 5.92 Å². The average molecular weight is 261 g/mol. The zero-order chi connectivity index (χ0) is 13.7. The maximum absolute atomic E-state index is 5.74. The van der Waals surface area contributed by atoms with Crippen molar-refractivity contribution >= 4 is 0 Å². The summed E-state index contributed by atoms with van der Waals surface area (Å²) < 4.78 is 5.74. The van der Waals surface area contributed by atoms with E-state index in [4.69, 9.17) is 4.74 Å². The van der Waals surface area contributed by atoms with Crippen molar-refractivity contribution in [3.05, 3.63) is 35.4 Å². The SMILES string of the molecule is CCCNC(Cc1ccc(C)cc1)C1CCOC1C. The van der Waals surface area contributed by atoms with Crippen LogP contribution in [0, 0.1) is 12.8 Å². The fourth-order valence-electron chi connectivity index (χ4n) is 2.96. The Kier molecular flexibility index (Phi) is 5.41. The minimum atomic E-state index is 0.389. The number of nitrogens with one attached hydrogen (secondary N) is 1. The lowest BCUT2D eigenvalue weighted by Gasteiger charge is -2.27. The van der Waals surface area contributed by atoms with Gasteiger partial charge < -0.3 is 10.1 Å². The second kappa shape index (κ2) is 7.06. The Morgan fingerprint density at radius 3 is 2.63 bits per heavy atom. The summed E-state index contributed by atoms with van der Waals surface area (Å²) in [5, 5.41) is 3.72. The number of rotatable bonds is 6. The Morgan fingerprint density at radius 1 is 1.32 bits per heavy atom. The highest BCUT2D eigenvalue weighted by molar-refractivity contribution is 5.22. The van der Waals surface area contributed by atoms with Gasteiger partial charge in [-0.15, -0.1) is 0 Å². The van der Waals surface area contributed by atoms with Crippen LogP contribution in [0.15, 0.2) is 24.3 Å². The quantitative estimate of drug-likeness (QED) is 0.848. The molecule has 1 aromatic rings. The van der Waals surface area contributed by atoms with Crippen LogP contribution < -0.4 is 5.32 Å². The van der Waals surface area contributed by atoms with Crippen LogP contribution in [0.1, 0.15) is 37.8 Å². The van der Waals surface area contributed by atoms with Crippen LogP contribution in [-0.4, -0.2) is 25.3 Å². The van der Waals surface area contributed by atoms with Crippen LogP contribution >= 0.6 is 0 Å². The van der Waals surface area contributed by atoms with Gasteiger partial charge in [-0.1, -0.05) is 36.8 Å². The largest absolute Gasteiger partial charge is 0.378 e. The monoisotopic (exact) mass is 261 g/mol. The van der Waals surface area contributed by atoms with E-state index in [1.807, 2.05) is 0 Å². The van der Waals surface area contributed by atoms with E-state index in [1.54, 1.807) is 0 Å². The van der Waals surface area contributed by atoms with Gasteiger partial charge in [0, 0.05) is 18.6 Å². The second-order valence-electron chi connectivity index (χ2n) is 5.78. The summed E-state index contributed by atoms with van der Waals surface area (Å²) in [6, 6.07) is 9.48. The molecule has 106 valence electrons. The minimum absolute atomic E-state index is 0.389. The first kappa shape index (κ1) is 14.5. The lowest BCUT2D eigenvalue weighted by Crippen LogP contribution is -2.41. The van der Waals surface area contributed by atoms with E-state index in [-0.39, 0.29) is 0 Å². The van der Waals surface area contributed by atoms with Crippen molar-refractivity contribution in [1.82, 2.24) is 5.32 Å². The molecule has 2 rings (SSSR count). The minimum Gasteiger partial charge on any atom is -0.378 e. The molecule has 1 N–H and O–H groups in total. The third kappa shape index (κ3) is 4.05. The molecule has 0 bridgehead atoms. The van der Waals surface area contributed by atoms with E-state index in [0.717, 1.165) is 19.6 Å². The van der Waals surface area contributed by atoms with E-state index in [9.17, 15) is 0 Å². The van der Waals surface area contributed by atoms with Crippen LogP contribution in [0.4, 0.5) is 0 Å². The van der Waals surface area contributed by atoms with Crippen LogP contribution in [0.25, 0.3) is 0 Å². The number of hydrogen-bond donors (Lipinski definition) is 1. The molecule has 1 heterocycles. The van der Waals surface area contributed by atoms with E-state index < -0.39 is 0 Å². The highest BCUT2D eigenvalue weighted by Gasteiger charge is 2.31. The topological polar surface area (TPSA) is 21.3 Å². The molecule has 1 fully saturated rings. The lowest BCUT2D eigenvalue weighted by molar-refractivity contribution is 0.0954. The van der Waals surface area contributed by atoms with Crippen molar-refractivity contribution in [3.8, 4) is 0 Å². The Morgan fingerprint density at radius 2 is 2.05 bits per heavy atom. The van der Waals surface area contributed by atoms with Gasteiger partial charge >= 0.3 is 0 Å². The summed E-state index contributed by atoms with van der Waals surface area (Å²) in [6.07, 6.45) is 3.87. The third-order valence-corrected chi connectivity index (χ3v) is 4.18. The molecule has 0 saturated carbocycles. The van der Waals surface area contributed by atoms with Crippen LogP contribution in [0.3, 0.4) is 0 Å². The smallest absolute Gasteiger partial charge is 0.0590 e. The molecule has 2 heteroatoms. The van der Waals surface area contributed by atoms with Gasteiger partial charge in [-0.25, -0.2) is 0 Å². The molecule has 1 aliphatic heterocycles. The fraction of sp³-hybridized carbons (Fsp3) is 0.647. The maximum Gasteiger partial charge on any atom is 0.0590 e. The zero-order valence-corrected chi connectivity index (χ0v) is 12.5. The number of hydrogen-bond acceptors (Lipinski definition) is 2. The normalized spacial score (nSPS) is 24.6. The van der Waals surface area contributed by atoms with Gasteiger partial charge in [0.2, 0.25) is 0 Å². The molecule has 3 unspecified atom stereocenters. The predicted molar refractivity (Wildman–Crippen MR) is 80.5 cm³/mol. The summed E-state index contributed by atoms with van der Waals surface area (Å²) in [7, 11) is 0. The van der Waals surface area contributed by atoms with Crippen LogP contribution in [-0.2, 0) is 11.2 Å². The van der Waals surface area contributed by atoms with Gasteiger partial charge in [0.05, 0.1) is 6.10 Å². The summed E-state index contributed by atoms with van der Waals surface area (Å²) in [5.41, 5.74) is 2.76. The lowest BCUT2D eigenvalue weighted by atomic mass is 9.88. The van der Waals surface area contributed by atoms with Gasteiger partial charge in [0.15, 0.2) is 0 Å². The first-order valence-corrected chi connectivity index (χ1v) is 7.61. The highest BCUT2D eigenvalue weighted by Crippen LogP contribution is 2.26. The molecule has 0 aromatic heterocycles. The molecule has 19 heavy (non-hydrogen) atoms. The van der Waals surface area contributed by atoms with Gasteiger partial charge in [-0.2, -0.15) is 0 Å². The van der Waals surface area contributed by atoms with E-state index in [1.165, 1.54) is 24.0 Å². The van der Waals surface area contributed by atoms with Crippen molar-refractivity contribution in [1.29, 1.82) is 0 Å². The molecular formula is C17H27NO. The molecule has 1 aromatic carbocycles. The number of aryl methyl sites for hydroxylation is 1. The fourth-order valence-corrected chi connectivity index (χ4v) is 2.96. The van der Waals surface area contributed by atoms with Crippen LogP contribution in [0.5, 0.6) is 0 Å².